The zero-order valence-electron chi connectivity index (χ0n) is 11.6. The third-order valence-electron chi connectivity index (χ3n) is 4.12. The first-order valence-corrected chi connectivity index (χ1v) is 7.15. The monoisotopic (exact) mass is 247 g/mol. The molecule has 1 fully saturated rings. The molecule has 1 saturated heterocycles. The Labute approximate surface area is 111 Å². The van der Waals surface area contributed by atoms with Crippen LogP contribution in [0.1, 0.15) is 38.7 Å². The summed E-state index contributed by atoms with van der Waals surface area (Å²) in [5.41, 5.74) is 1.22. The van der Waals surface area contributed by atoms with Gasteiger partial charge in [-0.15, -0.1) is 0 Å². The Hall–Kier alpha value is -1.02. The van der Waals surface area contributed by atoms with Gasteiger partial charge in [-0.25, -0.2) is 0 Å². The summed E-state index contributed by atoms with van der Waals surface area (Å²) >= 11 is 0. The molecular weight excluding hydrogens is 222 g/mol. The van der Waals surface area contributed by atoms with Gasteiger partial charge in [0.05, 0.1) is 0 Å². The van der Waals surface area contributed by atoms with Gasteiger partial charge in [0, 0.05) is 6.54 Å². The van der Waals surface area contributed by atoms with Crippen LogP contribution in [-0.4, -0.2) is 23.1 Å². The lowest BCUT2D eigenvalue weighted by atomic mass is 9.89. The second-order valence-electron chi connectivity index (χ2n) is 5.88. The smallest absolute Gasteiger partial charge is 0.115 e. The van der Waals surface area contributed by atoms with Crippen LogP contribution in [0.15, 0.2) is 24.3 Å². The lowest BCUT2D eigenvalue weighted by Gasteiger charge is -2.21. The van der Waals surface area contributed by atoms with E-state index >= 15 is 0 Å². The Morgan fingerprint density at radius 1 is 1.28 bits per heavy atom. The van der Waals surface area contributed by atoms with E-state index in [1.807, 2.05) is 12.1 Å². The second-order valence-corrected chi connectivity index (χ2v) is 5.88. The molecule has 0 aliphatic carbocycles. The number of phenols is 1. The second kappa shape index (κ2) is 6.24. The summed E-state index contributed by atoms with van der Waals surface area (Å²) in [6.07, 6.45) is 3.99. The van der Waals surface area contributed by atoms with E-state index in [-0.39, 0.29) is 0 Å². The van der Waals surface area contributed by atoms with Crippen LogP contribution in [0.4, 0.5) is 0 Å². The van der Waals surface area contributed by atoms with E-state index in [0.717, 1.165) is 18.4 Å². The summed E-state index contributed by atoms with van der Waals surface area (Å²) in [5, 5.41) is 9.49. The molecule has 0 aromatic heterocycles. The van der Waals surface area contributed by atoms with Crippen LogP contribution in [0.3, 0.4) is 0 Å². The average Bonchev–Trinajstić information content (AvgIpc) is 2.55. The van der Waals surface area contributed by atoms with Crippen LogP contribution in [0.25, 0.3) is 0 Å². The first-order valence-electron chi connectivity index (χ1n) is 7.15. The number of hydrogen-bond donors (Lipinski definition) is 1. The number of aromatic hydroxyl groups is 1. The predicted molar refractivity (Wildman–Crippen MR) is 75.6 cm³/mol. The molecule has 1 aromatic rings. The molecule has 1 aliphatic heterocycles. The van der Waals surface area contributed by atoms with Crippen molar-refractivity contribution in [1.29, 1.82) is 0 Å². The number of nitrogens with zero attached hydrogens (tertiary/aromatic N) is 1. The molecule has 100 valence electrons. The number of likely N-dealkylation sites (tertiary alicyclic amines) is 1. The van der Waals surface area contributed by atoms with E-state index in [1.54, 1.807) is 6.07 Å². The normalized spacial score (nSPS) is 22.1. The molecule has 1 aromatic carbocycles. The molecule has 0 saturated carbocycles. The quantitative estimate of drug-likeness (QED) is 0.881. The van der Waals surface area contributed by atoms with Crippen molar-refractivity contribution < 1.29 is 5.11 Å². The maximum absolute atomic E-state index is 9.49. The largest absolute Gasteiger partial charge is 0.508 e. The summed E-state index contributed by atoms with van der Waals surface area (Å²) < 4.78 is 0. The van der Waals surface area contributed by atoms with Gasteiger partial charge in [-0.3, -0.25) is 4.90 Å². The molecule has 1 heterocycles. The van der Waals surface area contributed by atoms with Gasteiger partial charge in [-0.2, -0.15) is 0 Å². The van der Waals surface area contributed by atoms with E-state index < -0.39 is 0 Å². The fourth-order valence-corrected chi connectivity index (χ4v) is 2.92. The summed E-state index contributed by atoms with van der Waals surface area (Å²) in [5.74, 6) is 2.08. The van der Waals surface area contributed by atoms with Gasteiger partial charge in [0.2, 0.25) is 0 Å². The van der Waals surface area contributed by atoms with Crippen molar-refractivity contribution in [1.82, 2.24) is 4.90 Å². The molecule has 2 nitrogen and oxygen atoms in total. The van der Waals surface area contributed by atoms with Gasteiger partial charge in [0.15, 0.2) is 0 Å². The zero-order chi connectivity index (χ0) is 13.0. The van der Waals surface area contributed by atoms with Gasteiger partial charge in [-0.05, 0) is 61.9 Å². The Kier molecular flexibility index (Phi) is 4.65. The molecule has 1 aliphatic rings. The van der Waals surface area contributed by atoms with Gasteiger partial charge < -0.3 is 5.11 Å². The van der Waals surface area contributed by atoms with Crippen molar-refractivity contribution in [2.24, 2.45) is 11.8 Å². The Balaban J connectivity index is 1.91. The Bertz CT molecular complexity index is 375. The molecule has 0 radical (unpaired) electrons. The maximum Gasteiger partial charge on any atom is 0.115 e. The average molecular weight is 247 g/mol. The summed E-state index contributed by atoms with van der Waals surface area (Å²) in [6, 6.07) is 7.65. The minimum absolute atomic E-state index is 0.377. The molecule has 0 bridgehead atoms. The van der Waals surface area contributed by atoms with Crippen LogP contribution in [0.5, 0.6) is 5.75 Å². The van der Waals surface area contributed by atoms with Gasteiger partial charge >= 0.3 is 0 Å². The van der Waals surface area contributed by atoms with Crippen LogP contribution < -0.4 is 0 Å². The van der Waals surface area contributed by atoms with E-state index in [2.05, 4.69) is 24.8 Å². The highest BCUT2D eigenvalue weighted by Crippen LogP contribution is 2.25. The minimum atomic E-state index is 0.377. The summed E-state index contributed by atoms with van der Waals surface area (Å²) in [7, 11) is 0. The molecule has 2 rings (SSSR count). The lowest BCUT2D eigenvalue weighted by Crippen LogP contribution is -2.24. The van der Waals surface area contributed by atoms with Crippen LogP contribution in [0, 0.1) is 11.8 Å². The fourth-order valence-electron chi connectivity index (χ4n) is 2.92. The minimum Gasteiger partial charge on any atom is -0.508 e. The molecule has 2 heteroatoms. The van der Waals surface area contributed by atoms with Crippen LogP contribution in [0.2, 0.25) is 0 Å². The van der Waals surface area contributed by atoms with Gasteiger partial charge in [-0.1, -0.05) is 26.0 Å². The van der Waals surface area contributed by atoms with Crippen molar-refractivity contribution in [2.45, 2.75) is 39.7 Å². The molecular formula is C16H25NO. The first kappa shape index (κ1) is 13.4. The van der Waals surface area contributed by atoms with Gasteiger partial charge in [0.1, 0.15) is 5.75 Å². The lowest BCUT2D eigenvalue weighted by molar-refractivity contribution is 0.264. The van der Waals surface area contributed by atoms with Crippen molar-refractivity contribution in [3.8, 4) is 5.75 Å². The third kappa shape index (κ3) is 3.74. The van der Waals surface area contributed by atoms with E-state index in [0.29, 0.717) is 5.75 Å². The maximum atomic E-state index is 9.49. The molecule has 1 atom stereocenters. The Morgan fingerprint density at radius 2 is 2.11 bits per heavy atom. The van der Waals surface area contributed by atoms with E-state index in [1.165, 1.54) is 37.9 Å². The molecule has 18 heavy (non-hydrogen) atoms. The standard InChI is InChI=1S/C16H25NO/c1-13(2)15-6-4-9-17(10-8-15)12-14-5-3-7-16(18)11-14/h3,5,7,11,13,15,18H,4,6,8-10,12H2,1-2H3. The van der Waals surface area contributed by atoms with Crippen LogP contribution in [-0.2, 0) is 6.54 Å². The highest BCUT2D eigenvalue weighted by atomic mass is 16.3. The van der Waals surface area contributed by atoms with Crippen molar-refractivity contribution in [2.75, 3.05) is 13.1 Å². The molecule has 0 spiro atoms. The van der Waals surface area contributed by atoms with Crippen molar-refractivity contribution >= 4 is 0 Å². The Morgan fingerprint density at radius 3 is 2.83 bits per heavy atom. The molecule has 1 unspecified atom stereocenters. The molecule has 1 N–H and O–H groups in total. The van der Waals surface area contributed by atoms with Gasteiger partial charge in [0.25, 0.3) is 0 Å². The van der Waals surface area contributed by atoms with Crippen molar-refractivity contribution in [3.63, 3.8) is 0 Å². The van der Waals surface area contributed by atoms with E-state index in [9.17, 15) is 5.11 Å². The summed E-state index contributed by atoms with van der Waals surface area (Å²) in [4.78, 5) is 2.52. The molecule has 0 amide bonds. The highest BCUT2D eigenvalue weighted by molar-refractivity contribution is 5.26. The number of rotatable bonds is 3. The first-order chi connectivity index (χ1) is 8.65. The van der Waals surface area contributed by atoms with E-state index in [4.69, 9.17) is 0 Å². The topological polar surface area (TPSA) is 23.5 Å². The number of phenolic OH excluding ortho intramolecular Hbond substituents is 1. The zero-order valence-corrected chi connectivity index (χ0v) is 11.6. The fraction of sp³-hybridized carbons (Fsp3) is 0.625. The SMILES string of the molecule is CC(C)C1CCCN(Cc2cccc(O)c2)CC1. The highest BCUT2D eigenvalue weighted by Gasteiger charge is 2.19. The summed E-state index contributed by atoms with van der Waals surface area (Å²) in [6.45, 7) is 8.04. The third-order valence-corrected chi connectivity index (χ3v) is 4.12. The number of hydrogen-bond acceptors (Lipinski definition) is 2. The van der Waals surface area contributed by atoms with Crippen molar-refractivity contribution in [3.05, 3.63) is 29.8 Å². The predicted octanol–water partition coefficient (Wildman–Crippen LogP) is 3.65. The number of benzene rings is 1. The van der Waals surface area contributed by atoms with Crippen LogP contribution >= 0.6 is 0 Å².